The van der Waals surface area contributed by atoms with E-state index in [1.54, 1.807) is 24.5 Å². The molecular formula is C19H23NO3S. The van der Waals surface area contributed by atoms with Gasteiger partial charge in [-0.3, -0.25) is 4.79 Å². The number of hydrogen-bond acceptors (Lipinski definition) is 4. The first-order valence-corrected chi connectivity index (χ1v) is 9.17. The van der Waals surface area contributed by atoms with Gasteiger partial charge in [-0.25, -0.2) is 0 Å². The fraction of sp³-hybridized carbons (Fsp3) is 0.421. The second-order valence-electron chi connectivity index (χ2n) is 6.20. The first-order valence-electron chi connectivity index (χ1n) is 8.29. The van der Waals surface area contributed by atoms with Crippen molar-refractivity contribution in [2.24, 2.45) is 0 Å². The molecule has 2 heterocycles. The van der Waals surface area contributed by atoms with E-state index in [2.05, 4.69) is 11.4 Å². The Morgan fingerprint density at radius 2 is 2.12 bits per heavy atom. The smallest absolute Gasteiger partial charge is 0.254 e. The van der Waals surface area contributed by atoms with Crippen molar-refractivity contribution in [3.05, 3.63) is 46.2 Å². The van der Waals surface area contributed by atoms with Crippen LogP contribution in [0.4, 0.5) is 0 Å². The number of likely N-dealkylation sites (tertiary alicyclic amines) is 1. The molecule has 0 aliphatic carbocycles. The minimum atomic E-state index is 0.0558. The summed E-state index contributed by atoms with van der Waals surface area (Å²) in [6, 6.07) is 9.77. The highest BCUT2D eigenvalue weighted by Gasteiger charge is 2.31. The van der Waals surface area contributed by atoms with Gasteiger partial charge in [0.05, 0.1) is 19.3 Å². The van der Waals surface area contributed by atoms with Crippen molar-refractivity contribution >= 4 is 17.2 Å². The largest absolute Gasteiger partial charge is 0.493 e. The van der Waals surface area contributed by atoms with E-state index in [0.29, 0.717) is 17.1 Å². The minimum Gasteiger partial charge on any atom is -0.493 e. The zero-order valence-corrected chi connectivity index (χ0v) is 15.1. The summed E-state index contributed by atoms with van der Waals surface area (Å²) in [5.74, 6) is 1.32. The fourth-order valence-corrected chi connectivity index (χ4v) is 3.98. The van der Waals surface area contributed by atoms with Crippen molar-refractivity contribution < 1.29 is 14.3 Å². The van der Waals surface area contributed by atoms with Crippen molar-refractivity contribution in [2.75, 3.05) is 13.7 Å². The molecule has 1 aromatic heterocycles. The molecule has 1 aliphatic rings. The number of methoxy groups -OCH3 is 1. The Labute approximate surface area is 147 Å². The first kappa shape index (κ1) is 16.8. The van der Waals surface area contributed by atoms with Crippen LogP contribution in [0.5, 0.6) is 11.5 Å². The molecule has 0 saturated carbocycles. The topological polar surface area (TPSA) is 38.8 Å². The van der Waals surface area contributed by atoms with Crippen LogP contribution in [0, 0.1) is 0 Å². The van der Waals surface area contributed by atoms with Gasteiger partial charge < -0.3 is 14.4 Å². The summed E-state index contributed by atoms with van der Waals surface area (Å²) in [6.07, 6.45) is 2.13. The number of carbonyl (C=O) groups is 1. The standard InChI is InChI=1S/C19H23NO3S/c1-13(2)23-16-9-8-14(12-17(16)22-3)19(21)20-10-4-6-15(20)18-7-5-11-24-18/h5,7-9,11-13,15H,4,6,10H2,1-3H3. The van der Waals surface area contributed by atoms with Crippen LogP contribution in [0.25, 0.3) is 0 Å². The number of ether oxygens (including phenoxy) is 2. The molecular weight excluding hydrogens is 322 g/mol. The molecule has 4 nitrogen and oxygen atoms in total. The quantitative estimate of drug-likeness (QED) is 0.800. The second-order valence-corrected chi connectivity index (χ2v) is 7.18. The third kappa shape index (κ3) is 3.41. The predicted octanol–water partition coefficient (Wildman–Crippen LogP) is 4.52. The molecule has 3 rings (SSSR count). The lowest BCUT2D eigenvalue weighted by molar-refractivity contribution is 0.0737. The fourth-order valence-electron chi connectivity index (χ4n) is 3.10. The van der Waals surface area contributed by atoms with E-state index in [4.69, 9.17) is 9.47 Å². The Hall–Kier alpha value is -2.01. The van der Waals surface area contributed by atoms with Crippen molar-refractivity contribution in [1.82, 2.24) is 4.90 Å². The Bertz CT molecular complexity index is 697. The monoisotopic (exact) mass is 345 g/mol. The van der Waals surface area contributed by atoms with Crippen LogP contribution in [0.2, 0.25) is 0 Å². The zero-order chi connectivity index (χ0) is 17.1. The maximum Gasteiger partial charge on any atom is 0.254 e. The molecule has 2 aromatic rings. The molecule has 0 spiro atoms. The lowest BCUT2D eigenvalue weighted by atomic mass is 10.1. The zero-order valence-electron chi connectivity index (χ0n) is 14.3. The molecule has 24 heavy (non-hydrogen) atoms. The van der Waals surface area contributed by atoms with Gasteiger partial charge in [0.15, 0.2) is 11.5 Å². The van der Waals surface area contributed by atoms with Gasteiger partial charge in [0, 0.05) is 17.0 Å². The van der Waals surface area contributed by atoms with Crippen LogP contribution >= 0.6 is 11.3 Å². The molecule has 0 N–H and O–H groups in total. The van der Waals surface area contributed by atoms with Crippen molar-refractivity contribution in [3.63, 3.8) is 0 Å². The molecule has 5 heteroatoms. The van der Waals surface area contributed by atoms with Gasteiger partial charge >= 0.3 is 0 Å². The van der Waals surface area contributed by atoms with E-state index in [1.807, 2.05) is 36.9 Å². The number of benzene rings is 1. The van der Waals surface area contributed by atoms with E-state index < -0.39 is 0 Å². The number of hydrogen-bond donors (Lipinski definition) is 0. The molecule has 0 radical (unpaired) electrons. The summed E-state index contributed by atoms with van der Waals surface area (Å²) in [5.41, 5.74) is 0.645. The van der Waals surface area contributed by atoms with Crippen molar-refractivity contribution in [2.45, 2.75) is 38.8 Å². The highest BCUT2D eigenvalue weighted by atomic mass is 32.1. The number of thiophene rings is 1. The van der Waals surface area contributed by atoms with Crippen molar-refractivity contribution in [3.8, 4) is 11.5 Å². The third-order valence-corrected chi connectivity index (χ3v) is 5.13. The SMILES string of the molecule is COc1cc(C(=O)N2CCCC2c2cccs2)ccc1OC(C)C. The number of amides is 1. The van der Waals surface area contributed by atoms with Crippen LogP contribution in [0.3, 0.4) is 0 Å². The summed E-state index contributed by atoms with van der Waals surface area (Å²) in [5, 5.41) is 2.07. The summed E-state index contributed by atoms with van der Waals surface area (Å²) >= 11 is 1.71. The van der Waals surface area contributed by atoms with E-state index >= 15 is 0 Å². The average molecular weight is 345 g/mol. The molecule has 1 unspecified atom stereocenters. The molecule has 128 valence electrons. The van der Waals surface area contributed by atoms with E-state index in [0.717, 1.165) is 19.4 Å². The van der Waals surface area contributed by atoms with Gasteiger partial charge in [-0.2, -0.15) is 0 Å². The summed E-state index contributed by atoms with van der Waals surface area (Å²) in [6.45, 7) is 4.73. The van der Waals surface area contributed by atoms with Gasteiger partial charge in [0.1, 0.15) is 0 Å². The molecule has 1 aliphatic heterocycles. The molecule has 1 saturated heterocycles. The predicted molar refractivity (Wildman–Crippen MR) is 96.1 cm³/mol. The lowest BCUT2D eigenvalue weighted by Gasteiger charge is -2.24. The number of rotatable bonds is 5. The van der Waals surface area contributed by atoms with E-state index in [-0.39, 0.29) is 18.1 Å². The molecule has 1 fully saturated rings. The molecule has 1 amide bonds. The van der Waals surface area contributed by atoms with Gasteiger partial charge in [0.2, 0.25) is 0 Å². The van der Waals surface area contributed by atoms with Gasteiger partial charge in [-0.05, 0) is 56.3 Å². The molecule has 1 aromatic carbocycles. The Kier molecular flexibility index (Phi) is 5.09. The normalized spacial score (nSPS) is 17.3. The van der Waals surface area contributed by atoms with Gasteiger partial charge in [0.25, 0.3) is 5.91 Å². The highest BCUT2D eigenvalue weighted by Crippen LogP contribution is 2.36. The van der Waals surface area contributed by atoms with Gasteiger partial charge in [-0.1, -0.05) is 6.07 Å². The maximum absolute atomic E-state index is 13.0. The highest BCUT2D eigenvalue weighted by molar-refractivity contribution is 7.10. The first-order chi connectivity index (χ1) is 11.6. The lowest BCUT2D eigenvalue weighted by Crippen LogP contribution is -2.30. The third-order valence-electron chi connectivity index (χ3n) is 4.16. The van der Waals surface area contributed by atoms with Crippen LogP contribution in [-0.2, 0) is 0 Å². The second kappa shape index (κ2) is 7.26. The number of nitrogens with zero attached hydrogens (tertiary/aromatic N) is 1. The maximum atomic E-state index is 13.0. The van der Waals surface area contributed by atoms with Crippen LogP contribution in [-0.4, -0.2) is 30.6 Å². The summed E-state index contributed by atoms with van der Waals surface area (Å²) in [4.78, 5) is 16.2. The van der Waals surface area contributed by atoms with Crippen LogP contribution in [0.15, 0.2) is 35.7 Å². The Morgan fingerprint density at radius 3 is 2.79 bits per heavy atom. The average Bonchev–Trinajstić information content (AvgIpc) is 3.24. The number of carbonyl (C=O) groups excluding carboxylic acids is 1. The molecule has 0 bridgehead atoms. The van der Waals surface area contributed by atoms with Crippen LogP contribution in [0.1, 0.15) is 48.0 Å². The molecule has 1 atom stereocenters. The van der Waals surface area contributed by atoms with E-state index in [1.165, 1.54) is 4.88 Å². The summed E-state index contributed by atoms with van der Waals surface area (Å²) < 4.78 is 11.1. The Balaban J connectivity index is 1.84. The Morgan fingerprint density at radius 1 is 1.29 bits per heavy atom. The van der Waals surface area contributed by atoms with E-state index in [9.17, 15) is 4.79 Å². The van der Waals surface area contributed by atoms with Crippen molar-refractivity contribution in [1.29, 1.82) is 0 Å². The minimum absolute atomic E-state index is 0.0558. The van der Waals surface area contributed by atoms with Gasteiger partial charge in [-0.15, -0.1) is 11.3 Å². The summed E-state index contributed by atoms with van der Waals surface area (Å²) in [7, 11) is 1.60. The van der Waals surface area contributed by atoms with Crippen LogP contribution < -0.4 is 9.47 Å².